The molecule has 0 spiro atoms. The summed E-state index contributed by atoms with van der Waals surface area (Å²) in [6.45, 7) is 1.32. The fourth-order valence-corrected chi connectivity index (χ4v) is 2.37. The van der Waals surface area contributed by atoms with Crippen LogP contribution in [0, 0.1) is 0 Å². The molecule has 0 atom stereocenters. The van der Waals surface area contributed by atoms with Crippen LogP contribution in [0.2, 0.25) is 5.15 Å². The quantitative estimate of drug-likeness (QED) is 0.737. The van der Waals surface area contributed by atoms with Gasteiger partial charge in [0.05, 0.1) is 0 Å². The van der Waals surface area contributed by atoms with Crippen molar-refractivity contribution in [2.45, 2.75) is 13.1 Å². The van der Waals surface area contributed by atoms with Crippen molar-refractivity contribution < 1.29 is 4.79 Å². The molecule has 0 unspecified atom stereocenters. The number of carbonyl (C=O) groups is 1. The number of hydrogen-bond donors (Lipinski definition) is 0. The van der Waals surface area contributed by atoms with Gasteiger partial charge in [0.25, 0.3) is 5.91 Å². The molecule has 1 amide bonds. The molecule has 0 radical (unpaired) electrons. The number of rotatable bonds is 1. The van der Waals surface area contributed by atoms with Crippen LogP contribution in [0.4, 0.5) is 0 Å². The molecule has 0 saturated heterocycles. The van der Waals surface area contributed by atoms with Crippen molar-refractivity contribution in [2.75, 3.05) is 0 Å². The maximum Gasteiger partial charge on any atom is 0.254 e. The van der Waals surface area contributed by atoms with E-state index in [0.717, 1.165) is 0 Å². The van der Waals surface area contributed by atoms with Crippen molar-refractivity contribution in [1.82, 2.24) is 9.88 Å². The Hall–Kier alpha value is -1.87. The number of fused-ring (bicyclic) bond motifs is 1. The molecule has 2 heterocycles. The van der Waals surface area contributed by atoms with Gasteiger partial charge in [-0.05, 0) is 23.3 Å². The lowest BCUT2D eigenvalue weighted by atomic mass is 10.1. The Morgan fingerprint density at radius 1 is 1.17 bits per heavy atom. The first-order valence-electron chi connectivity index (χ1n) is 5.71. The van der Waals surface area contributed by atoms with Crippen LogP contribution in [0.25, 0.3) is 0 Å². The van der Waals surface area contributed by atoms with Crippen molar-refractivity contribution in [3.8, 4) is 0 Å². The number of amides is 1. The third-order valence-electron chi connectivity index (χ3n) is 3.10. The summed E-state index contributed by atoms with van der Waals surface area (Å²) in [7, 11) is 0. The van der Waals surface area contributed by atoms with Crippen LogP contribution >= 0.6 is 11.6 Å². The van der Waals surface area contributed by atoms with E-state index >= 15 is 0 Å². The fraction of sp³-hybridized carbons (Fsp3) is 0.143. The maximum atomic E-state index is 12.3. The second-order valence-electron chi connectivity index (χ2n) is 4.30. The molecule has 1 aliphatic heterocycles. The third kappa shape index (κ3) is 1.97. The van der Waals surface area contributed by atoms with E-state index < -0.39 is 0 Å². The van der Waals surface area contributed by atoms with E-state index in [4.69, 9.17) is 11.6 Å². The fourth-order valence-electron chi connectivity index (χ4n) is 2.19. The highest BCUT2D eigenvalue weighted by atomic mass is 35.5. The predicted octanol–water partition coefficient (Wildman–Crippen LogP) is 2.89. The summed E-state index contributed by atoms with van der Waals surface area (Å²) in [5, 5.41) is 0.345. The average Bonchev–Trinajstić information content (AvgIpc) is 2.81. The zero-order valence-corrected chi connectivity index (χ0v) is 10.4. The number of hydrogen-bond acceptors (Lipinski definition) is 2. The van der Waals surface area contributed by atoms with E-state index in [1.165, 1.54) is 11.1 Å². The summed E-state index contributed by atoms with van der Waals surface area (Å²) >= 11 is 5.80. The highest BCUT2D eigenvalue weighted by Crippen LogP contribution is 2.24. The first-order valence-corrected chi connectivity index (χ1v) is 6.09. The van der Waals surface area contributed by atoms with Gasteiger partial charge in [-0.3, -0.25) is 4.79 Å². The van der Waals surface area contributed by atoms with Crippen molar-refractivity contribution in [3.63, 3.8) is 0 Å². The van der Waals surface area contributed by atoms with Gasteiger partial charge in [0.15, 0.2) is 0 Å². The minimum absolute atomic E-state index is 0.00417. The van der Waals surface area contributed by atoms with Gasteiger partial charge in [-0.15, -0.1) is 0 Å². The maximum absolute atomic E-state index is 12.3. The van der Waals surface area contributed by atoms with Gasteiger partial charge in [-0.2, -0.15) is 0 Å². The molecule has 0 bridgehead atoms. The Labute approximate surface area is 110 Å². The second-order valence-corrected chi connectivity index (χ2v) is 4.68. The Kier molecular flexibility index (Phi) is 2.76. The summed E-state index contributed by atoms with van der Waals surface area (Å²) in [6, 6.07) is 11.4. The zero-order chi connectivity index (χ0) is 12.5. The number of benzene rings is 1. The lowest BCUT2D eigenvalue weighted by Crippen LogP contribution is -2.25. The van der Waals surface area contributed by atoms with Gasteiger partial charge < -0.3 is 4.90 Å². The van der Waals surface area contributed by atoms with Gasteiger partial charge in [-0.25, -0.2) is 4.98 Å². The molecule has 0 N–H and O–H groups in total. The molecule has 3 nitrogen and oxygen atoms in total. The average molecular weight is 259 g/mol. The van der Waals surface area contributed by atoms with E-state index in [-0.39, 0.29) is 5.91 Å². The summed E-state index contributed by atoms with van der Waals surface area (Å²) in [5.74, 6) is -0.00417. The topological polar surface area (TPSA) is 33.2 Å². The Bertz CT molecular complexity index is 587. The molecule has 1 aromatic carbocycles. The molecule has 0 fully saturated rings. The molecule has 90 valence electrons. The lowest BCUT2D eigenvalue weighted by molar-refractivity contribution is 0.0751. The summed E-state index contributed by atoms with van der Waals surface area (Å²) in [6.07, 6.45) is 1.55. The Balaban J connectivity index is 1.84. The minimum atomic E-state index is -0.00417. The van der Waals surface area contributed by atoms with Crippen LogP contribution in [0.15, 0.2) is 42.6 Å². The number of aromatic nitrogens is 1. The normalized spacial score (nSPS) is 13.5. The van der Waals surface area contributed by atoms with E-state index in [1.807, 2.05) is 17.0 Å². The smallest absolute Gasteiger partial charge is 0.254 e. The van der Waals surface area contributed by atoms with Crippen molar-refractivity contribution in [1.29, 1.82) is 0 Å². The van der Waals surface area contributed by atoms with Crippen LogP contribution in [-0.2, 0) is 13.1 Å². The van der Waals surface area contributed by atoms with Crippen LogP contribution < -0.4 is 0 Å². The monoisotopic (exact) mass is 258 g/mol. The molecule has 4 heteroatoms. The molecule has 0 saturated carbocycles. The van der Waals surface area contributed by atoms with E-state index in [2.05, 4.69) is 17.1 Å². The van der Waals surface area contributed by atoms with Crippen LogP contribution in [0.5, 0.6) is 0 Å². The number of pyridine rings is 1. The lowest BCUT2D eigenvalue weighted by Gasteiger charge is -2.15. The third-order valence-corrected chi connectivity index (χ3v) is 3.31. The van der Waals surface area contributed by atoms with E-state index in [9.17, 15) is 4.79 Å². The number of nitrogens with zero attached hydrogens (tertiary/aromatic N) is 2. The SMILES string of the molecule is O=C(c1ccnc(Cl)c1)N1Cc2ccccc2C1. The van der Waals surface area contributed by atoms with Crippen molar-refractivity contribution >= 4 is 17.5 Å². The van der Waals surface area contributed by atoms with Gasteiger partial charge in [-0.1, -0.05) is 35.9 Å². The standard InChI is InChI=1S/C14H11ClN2O/c15-13-7-10(5-6-16-13)14(18)17-8-11-3-1-2-4-12(11)9-17/h1-7H,8-9H2. The molecular formula is C14H11ClN2O. The predicted molar refractivity (Wildman–Crippen MR) is 69.3 cm³/mol. The minimum Gasteiger partial charge on any atom is -0.330 e. The van der Waals surface area contributed by atoms with Crippen LogP contribution in [0.1, 0.15) is 21.5 Å². The summed E-state index contributed by atoms with van der Waals surface area (Å²) in [4.78, 5) is 18.0. The second kappa shape index (κ2) is 4.42. The molecule has 1 aromatic heterocycles. The van der Waals surface area contributed by atoms with Crippen molar-refractivity contribution in [2.24, 2.45) is 0 Å². The van der Waals surface area contributed by atoms with Gasteiger partial charge in [0.2, 0.25) is 0 Å². The van der Waals surface area contributed by atoms with Crippen LogP contribution in [-0.4, -0.2) is 15.8 Å². The van der Waals surface area contributed by atoms with Gasteiger partial charge >= 0.3 is 0 Å². The molecule has 3 rings (SSSR count). The molecule has 2 aromatic rings. The summed E-state index contributed by atoms with van der Waals surface area (Å²) < 4.78 is 0. The molecule has 18 heavy (non-hydrogen) atoms. The molecule has 0 aliphatic carbocycles. The highest BCUT2D eigenvalue weighted by molar-refractivity contribution is 6.29. The first-order chi connectivity index (χ1) is 8.74. The first kappa shape index (κ1) is 11.2. The van der Waals surface area contributed by atoms with Gasteiger partial charge in [0.1, 0.15) is 5.15 Å². The Morgan fingerprint density at radius 2 is 1.83 bits per heavy atom. The van der Waals surface area contributed by atoms with E-state index in [1.54, 1.807) is 18.3 Å². The Morgan fingerprint density at radius 3 is 2.44 bits per heavy atom. The van der Waals surface area contributed by atoms with Crippen LogP contribution in [0.3, 0.4) is 0 Å². The van der Waals surface area contributed by atoms with E-state index in [0.29, 0.717) is 23.8 Å². The molecular weight excluding hydrogens is 248 g/mol. The van der Waals surface area contributed by atoms with Crippen molar-refractivity contribution in [3.05, 3.63) is 64.4 Å². The summed E-state index contributed by atoms with van der Waals surface area (Å²) in [5.41, 5.74) is 3.01. The highest BCUT2D eigenvalue weighted by Gasteiger charge is 2.23. The van der Waals surface area contributed by atoms with Gasteiger partial charge in [0, 0.05) is 24.8 Å². The molecule has 1 aliphatic rings. The zero-order valence-electron chi connectivity index (χ0n) is 9.64. The largest absolute Gasteiger partial charge is 0.330 e. The number of carbonyl (C=O) groups excluding carboxylic acids is 1. The number of halogens is 1.